The Morgan fingerprint density at radius 2 is 1.86 bits per heavy atom. The normalized spacial score (nSPS) is 17.5. The number of rotatable bonds is 8. The Bertz CT molecular complexity index is 2080. The molecule has 0 spiro atoms. The highest BCUT2D eigenvalue weighted by atomic mass is 19.1. The van der Waals surface area contributed by atoms with Crippen LogP contribution in [0.2, 0.25) is 0 Å². The van der Waals surface area contributed by atoms with E-state index in [0.29, 0.717) is 35.6 Å². The Hall–Kier alpha value is -5.17. The van der Waals surface area contributed by atoms with E-state index in [9.17, 15) is 14.7 Å². The van der Waals surface area contributed by atoms with Gasteiger partial charge in [0, 0.05) is 30.7 Å². The van der Waals surface area contributed by atoms with Crippen molar-refractivity contribution in [2.75, 3.05) is 50.1 Å². The fraction of sp³-hybridized carbons (Fsp3) is 0.378. The highest BCUT2D eigenvalue weighted by Crippen LogP contribution is 2.44. The van der Waals surface area contributed by atoms with E-state index in [1.54, 1.807) is 22.1 Å². The van der Waals surface area contributed by atoms with Crippen molar-refractivity contribution in [3.8, 4) is 22.7 Å². The van der Waals surface area contributed by atoms with Gasteiger partial charge < -0.3 is 24.7 Å². The summed E-state index contributed by atoms with van der Waals surface area (Å²) >= 11 is 0. The number of hydrogen-bond acceptors (Lipinski definition) is 8. The molecule has 0 saturated carbocycles. The summed E-state index contributed by atoms with van der Waals surface area (Å²) in [6.45, 7) is 12.1. The number of aromatic nitrogens is 3. The third kappa shape index (κ3) is 5.68. The topological polar surface area (TPSA) is 115 Å². The standard InChI is InChI=1S/C37H41F2N7O4/c1-8-28(48)44-19-26-36(49)43(16-10-15-42(6)7)34-33(45(26)18-22(44)5)23-17-25(39)31(29-24(38)11-9-12-27(29)47)41-35(23)46(37(34)50)32-21(4)13-14-40-30(32)20(2)3/h8-9,11-14,17,20,22,26,47H,1,10,15-16,18-19H2,2-7H3. The van der Waals surface area contributed by atoms with Crippen molar-refractivity contribution in [1.29, 1.82) is 0 Å². The number of carbonyl (C=O) groups is 2. The van der Waals surface area contributed by atoms with E-state index in [1.807, 2.05) is 46.7 Å². The van der Waals surface area contributed by atoms with Crippen molar-refractivity contribution in [3.05, 3.63) is 82.4 Å². The molecular weight excluding hydrogens is 644 g/mol. The van der Waals surface area contributed by atoms with E-state index < -0.39 is 46.3 Å². The first-order valence-corrected chi connectivity index (χ1v) is 16.7. The van der Waals surface area contributed by atoms with E-state index in [0.717, 1.165) is 6.07 Å². The molecule has 1 N–H and O–H groups in total. The van der Waals surface area contributed by atoms with Gasteiger partial charge in [0.15, 0.2) is 11.5 Å². The van der Waals surface area contributed by atoms with Crippen LogP contribution < -0.4 is 15.4 Å². The van der Waals surface area contributed by atoms with Gasteiger partial charge in [0.1, 0.15) is 29.0 Å². The summed E-state index contributed by atoms with van der Waals surface area (Å²) in [6, 6.07) is 5.29. The number of hydrogen-bond donors (Lipinski definition) is 1. The van der Waals surface area contributed by atoms with Crippen LogP contribution in [0.3, 0.4) is 0 Å². The lowest BCUT2D eigenvalue weighted by molar-refractivity contribution is -0.130. The number of fused-ring (bicyclic) bond motifs is 5. The summed E-state index contributed by atoms with van der Waals surface area (Å²) in [6.07, 6.45) is 3.37. The molecule has 6 rings (SSSR count). The average Bonchev–Trinajstić information content (AvgIpc) is 3.06. The molecule has 11 nitrogen and oxygen atoms in total. The molecule has 0 aliphatic carbocycles. The number of piperazine rings is 1. The van der Waals surface area contributed by atoms with Gasteiger partial charge in [-0.1, -0.05) is 26.5 Å². The number of pyridine rings is 3. The zero-order valence-electron chi connectivity index (χ0n) is 29.1. The number of amides is 2. The van der Waals surface area contributed by atoms with Gasteiger partial charge in [-0.25, -0.2) is 13.8 Å². The first-order chi connectivity index (χ1) is 23.8. The van der Waals surface area contributed by atoms with E-state index in [2.05, 4.69) is 16.5 Å². The van der Waals surface area contributed by atoms with E-state index in [4.69, 9.17) is 0 Å². The third-order valence-corrected chi connectivity index (χ3v) is 9.50. The maximum Gasteiger partial charge on any atom is 0.283 e. The molecule has 262 valence electrons. The molecule has 2 aliphatic heterocycles. The highest BCUT2D eigenvalue weighted by molar-refractivity contribution is 6.12. The zero-order valence-corrected chi connectivity index (χ0v) is 29.1. The van der Waals surface area contributed by atoms with Crippen LogP contribution in [0, 0.1) is 18.6 Å². The Kier molecular flexibility index (Phi) is 9.21. The highest BCUT2D eigenvalue weighted by Gasteiger charge is 2.47. The van der Waals surface area contributed by atoms with Crippen molar-refractivity contribution in [2.24, 2.45) is 0 Å². The molecule has 2 amide bonds. The second kappa shape index (κ2) is 13.3. The first-order valence-electron chi connectivity index (χ1n) is 16.7. The number of carbonyl (C=O) groups excluding carboxylic acids is 2. The van der Waals surface area contributed by atoms with E-state index >= 15 is 13.6 Å². The fourth-order valence-corrected chi connectivity index (χ4v) is 7.12. The molecule has 50 heavy (non-hydrogen) atoms. The molecule has 2 aliphatic rings. The predicted molar refractivity (Wildman–Crippen MR) is 189 cm³/mol. The summed E-state index contributed by atoms with van der Waals surface area (Å²) in [5.41, 5.74) is 0.531. The summed E-state index contributed by atoms with van der Waals surface area (Å²) in [4.78, 5) is 58.6. The fourth-order valence-electron chi connectivity index (χ4n) is 7.12. The lowest BCUT2D eigenvalue weighted by atomic mass is 9.97. The van der Waals surface area contributed by atoms with Crippen LogP contribution in [-0.4, -0.2) is 93.6 Å². The monoisotopic (exact) mass is 685 g/mol. The predicted octanol–water partition coefficient (Wildman–Crippen LogP) is 4.75. The Balaban J connectivity index is 1.75. The van der Waals surface area contributed by atoms with Crippen LogP contribution in [0.5, 0.6) is 5.75 Å². The van der Waals surface area contributed by atoms with Gasteiger partial charge in [0.05, 0.1) is 29.2 Å². The number of aryl methyl sites for hydroxylation is 1. The lowest BCUT2D eigenvalue weighted by Crippen LogP contribution is -2.66. The van der Waals surface area contributed by atoms with Gasteiger partial charge in [0.2, 0.25) is 5.91 Å². The molecule has 2 atom stereocenters. The van der Waals surface area contributed by atoms with Crippen LogP contribution in [-0.2, 0) is 9.59 Å². The minimum Gasteiger partial charge on any atom is -0.507 e. The summed E-state index contributed by atoms with van der Waals surface area (Å²) < 4.78 is 33.0. The number of aromatic hydroxyl groups is 1. The second-order valence-corrected chi connectivity index (χ2v) is 13.5. The molecule has 0 bridgehead atoms. The van der Waals surface area contributed by atoms with Gasteiger partial charge in [0.25, 0.3) is 11.5 Å². The molecular formula is C37H41F2N7O4. The number of nitrogens with zero attached hydrogens (tertiary/aromatic N) is 7. The minimum atomic E-state index is -0.932. The van der Waals surface area contributed by atoms with Crippen LogP contribution in [0.1, 0.15) is 44.4 Å². The van der Waals surface area contributed by atoms with Gasteiger partial charge >= 0.3 is 0 Å². The number of phenolic OH excluding ortho intramolecular Hbond substituents is 1. The first kappa shape index (κ1) is 34.7. The molecule has 4 aromatic rings. The number of anilines is 2. The molecule has 0 radical (unpaired) electrons. The maximum atomic E-state index is 16.4. The van der Waals surface area contributed by atoms with Gasteiger partial charge in [-0.15, -0.1) is 0 Å². The van der Waals surface area contributed by atoms with Crippen molar-refractivity contribution in [1.82, 2.24) is 24.3 Å². The number of halogens is 2. The minimum absolute atomic E-state index is 0.00407. The van der Waals surface area contributed by atoms with Crippen LogP contribution in [0.15, 0.2) is 54.0 Å². The van der Waals surface area contributed by atoms with Crippen molar-refractivity contribution >= 4 is 34.2 Å². The van der Waals surface area contributed by atoms with E-state index in [1.165, 1.54) is 33.7 Å². The lowest BCUT2D eigenvalue weighted by Gasteiger charge is -2.50. The summed E-state index contributed by atoms with van der Waals surface area (Å²) in [7, 11) is 3.82. The van der Waals surface area contributed by atoms with Gasteiger partial charge in [-0.3, -0.25) is 23.9 Å². The van der Waals surface area contributed by atoms with Crippen LogP contribution >= 0.6 is 0 Å². The third-order valence-electron chi connectivity index (χ3n) is 9.50. The molecule has 13 heteroatoms. The largest absolute Gasteiger partial charge is 0.507 e. The van der Waals surface area contributed by atoms with Crippen molar-refractivity contribution in [3.63, 3.8) is 0 Å². The zero-order chi connectivity index (χ0) is 36.2. The SMILES string of the molecule is C=CC(=O)N1CC2C(=O)N(CCCN(C)C)c3c(c4cc(F)c(-c5c(O)cccc5F)nc4n(-c4c(C)ccnc4C(C)C)c3=O)N2CC1C. The summed E-state index contributed by atoms with van der Waals surface area (Å²) in [5, 5.41) is 10.9. The molecule has 1 saturated heterocycles. The van der Waals surface area contributed by atoms with Crippen LogP contribution in [0.4, 0.5) is 20.2 Å². The molecule has 1 fully saturated rings. The molecule has 2 unspecified atom stereocenters. The van der Waals surface area contributed by atoms with Gasteiger partial charge in [-0.05, 0) is 82.7 Å². The summed E-state index contributed by atoms with van der Waals surface area (Å²) in [5.74, 6) is -3.18. The van der Waals surface area contributed by atoms with Gasteiger partial charge in [-0.2, -0.15) is 0 Å². The molecule has 3 aromatic heterocycles. The Labute approximate surface area is 289 Å². The number of phenols is 1. The van der Waals surface area contributed by atoms with Crippen LogP contribution in [0.25, 0.3) is 28.0 Å². The van der Waals surface area contributed by atoms with Crippen molar-refractivity contribution in [2.45, 2.75) is 52.1 Å². The molecule has 1 aromatic carbocycles. The molecule has 5 heterocycles. The number of benzene rings is 1. The van der Waals surface area contributed by atoms with E-state index in [-0.39, 0.29) is 54.1 Å². The Morgan fingerprint density at radius 3 is 2.52 bits per heavy atom. The van der Waals surface area contributed by atoms with Crippen molar-refractivity contribution < 1.29 is 23.5 Å². The Morgan fingerprint density at radius 1 is 1.12 bits per heavy atom. The average molecular weight is 686 g/mol. The second-order valence-electron chi connectivity index (χ2n) is 13.5. The smallest absolute Gasteiger partial charge is 0.283 e. The quantitative estimate of drug-likeness (QED) is 0.265. The maximum absolute atomic E-state index is 16.4.